The van der Waals surface area contributed by atoms with Gasteiger partial charge in [-0.3, -0.25) is 0 Å². The smallest absolute Gasteiger partial charge is 0.357 e. The number of anilines is 1. The van der Waals surface area contributed by atoms with Crippen LogP contribution in [0.1, 0.15) is 36.3 Å². The molecule has 0 atom stereocenters. The molecule has 0 aliphatic carbocycles. The van der Waals surface area contributed by atoms with Crippen LogP contribution in [0.5, 0.6) is 0 Å². The number of esters is 1. The Morgan fingerprint density at radius 2 is 2.14 bits per heavy atom. The van der Waals surface area contributed by atoms with Gasteiger partial charge in [-0.1, -0.05) is 13.3 Å². The van der Waals surface area contributed by atoms with Crippen molar-refractivity contribution in [3.63, 3.8) is 0 Å². The molecule has 3 N–H and O–H groups in total. The van der Waals surface area contributed by atoms with Gasteiger partial charge in [-0.25, -0.2) is 9.78 Å². The summed E-state index contributed by atoms with van der Waals surface area (Å²) in [5.74, 6) is -0.369. The van der Waals surface area contributed by atoms with E-state index in [9.17, 15) is 4.79 Å². The van der Waals surface area contributed by atoms with Crippen LogP contribution in [0.2, 0.25) is 0 Å². The van der Waals surface area contributed by atoms with Gasteiger partial charge in [-0.05, 0) is 37.1 Å². The molecule has 2 heterocycles. The van der Waals surface area contributed by atoms with Gasteiger partial charge in [0, 0.05) is 22.0 Å². The van der Waals surface area contributed by atoms with Crippen molar-refractivity contribution in [2.45, 2.75) is 26.7 Å². The number of aromatic nitrogens is 2. The Kier molecular flexibility index (Phi) is 3.71. The Hall–Kier alpha value is -2.56. The minimum atomic E-state index is -0.369. The zero-order valence-corrected chi connectivity index (χ0v) is 12.8. The molecule has 5 heteroatoms. The summed E-state index contributed by atoms with van der Waals surface area (Å²) >= 11 is 0. The molecule has 0 unspecified atom stereocenters. The van der Waals surface area contributed by atoms with E-state index in [1.165, 1.54) is 0 Å². The molecule has 1 aromatic carbocycles. The highest BCUT2D eigenvalue weighted by atomic mass is 16.5. The number of nitrogens with two attached hydrogens (primary N) is 1. The summed E-state index contributed by atoms with van der Waals surface area (Å²) in [6.07, 6.45) is 3.37. The van der Waals surface area contributed by atoms with Crippen LogP contribution in [0.4, 0.5) is 5.69 Å². The maximum atomic E-state index is 12.2. The second kappa shape index (κ2) is 5.67. The van der Waals surface area contributed by atoms with Crippen LogP contribution >= 0.6 is 0 Å². The number of aromatic amines is 1. The molecule has 114 valence electrons. The third-order valence-corrected chi connectivity index (χ3v) is 3.73. The Morgan fingerprint density at radius 3 is 2.86 bits per heavy atom. The number of benzene rings is 1. The minimum absolute atomic E-state index is 0.338. The monoisotopic (exact) mass is 297 g/mol. The topological polar surface area (TPSA) is 81.0 Å². The molecule has 0 bridgehead atoms. The van der Waals surface area contributed by atoms with Gasteiger partial charge in [0.1, 0.15) is 0 Å². The highest BCUT2D eigenvalue weighted by molar-refractivity contribution is 6.11. The molecule has 0 spiro atoms. The highest BCUT2D eigenvalue weighted by Crippen LogP contribution is 2.31. The molecule has 0 aliphatic rings. The fraction of sp³-hybridized carbons (Fsp3) is 0.294. The SMILES string of the molecule is CCCc1c(C(=O)OCC)ncc2[nH]c3ccc(N)cc3c12. The van der Waals surface area contributed by atoms with E-state index >= 15 is 0 Å². The number of nitrogens with one attached hydrogen (secondary N) is 1. The number of hydrogen-bond acceptors (Lipinski definition) is 4. The van der Waals surface area contributed by atoms with Crippen LogP contribution < -0.4 is 5.73 Å². The summed E-state index contributed by atoms with van der Waals surface area (Å²) in [6, 6.07) is 5.74. The molecule has 0 amide bonds. The number of carbonyl (C=O) groups excluding carboxylic acids is 1. The lowest BCUT2D eigenvalue weighted by molar-refractivity contribution is 0.0518. The largest absolute Gasteiger partial charge is 0.461 e. The first-order chi connectivity index (χ1) is 10.7. The van der Waals surface area contributed by atoms with Crippen LogP contribution in [-0.4, -0.2) is 22.5 Å². The Balaban J connectivity index is 2.34. The average Bonchev–Trinajstić information content (AvgIpc) is 2.86. The average molecular weight is 297 g/mol. The van der Waals surface area contributed by atoms with Crippen molar-refractivity contribution in [2.75, 3.05) is 12.3 Å². The second-order valence-electron chi connectivity index (χ2n) is 5.27. The van der Waals surface area contributed by atoms with E-state index in [-0.39, 0.29) is 5.97 Å². The third-order valence-electron chi connectivity index (χ3n) is 3.73. The molecule has 0 saturated heterocycles. The number of H-pyrrole nitrogens is 1. The first-order valence-electron chi connectivity index (χ1n) is 7.51. The molecule has 3 rings (SSSR count). The van der Waals surface area contributed by atoms with E-state index < -0.39 is 0 Å². The normalized spacial score (nSPS) is 11.2. The van der Waals surface area contributed by atoms with Gasteiger partial charge in [0.05, 0.1) is 18.3 Å². The maximum absolute atomic E-state index is 12.2. The zero-order chi connectivity index (χ0) is 15.7. The fourth-order valence-electron chi connectivity index (χ4n) is 2.85. The van der Waals surface area contributed by atoms with E-state index in [0.29, 0.717) is 18.0 Å². The van der Waals surface area contributed by atoms with Crippen LogP contribution in [0, 0.1) is 0 Å². The van der Waals surface area contributed by atoms with Crippen LogP contribution in [0.25, 0.3) is 21.8 Å². The number of carbonyl (C=O) groups is 1. The summed E-state index contributed by atoms with van der Waals surface area (Å²) < 4.78 is 5.14. The first-order valence-corrected chi connectivity index (χ1v) is 7.51. The van der Waals surface area contributed by atoms with Gasteiger partial charge in [-0.15, -0.1) is 0 Å². The molecular weight excluding hydrogens is 278 g/mol. The number of nitrogen functional groups attached to an aromatic ring is 1. The molecule has 0 saturated carbocycles. The lowest BCUT2D eigenvalue weighted by Gasteiger charge is -2.09. The van der Waals surface area contributed by atoms with Crippen molar-refractivity contribution in [3.05, 3.63) is 35.7 Å². The lowest BCUT2D eigenvalue weighted by Crippen LogP contribution is -2.11. The minimum Gasteiger partial charge on any atom is -0.461 e. The van der Waals surface area contributed by atoms with Crippen molar-refractivity contribution in [1.82, 2.24) is 9.97 Å². The highest BCUT2D eigenvalue weighted by Gasteiger charge is 2.19. The molecule has 5 nitrogen and oxygen atoms in total. The number of fused-ring (bicyclic) bond motifs is 3. The predicted octanol–water partition coefficient (Wildman–Crippen LogP) is 3.43. The van der Waals surface area contributed by atoms with Crippen molar-refractivity contribution < 1.29 is 9.53 Å². The molecular formula is C17H19N3O2. The Morgan fingerprint density at radius 1 is 1.32 bits per heavy atom. The number of aryl methyl sites for hydroxylation is 1. The van der Waals surface area contributed by atoms with Gasteiger partial charge >= 0.3 is 5.97 Å². The van der Waals surface area contributed by atoms with Crippen molar-refractivity contribution in [3.8, 4) is 0 Å². The number of nitrogens with zero attached hydrogens (tertiary/aromatic N) is 1. The van der Waals surface area contributed by atoms with Gasteiger partial charge in [0.25, 0.3) is 0 Å². The zero-order valence-electron chi connectivity index (χ0n) is 12.8. The van der Waals surface area contributed by atoms with Crippen LogP contribution in [0.15, 0.2) is 24.4 Å². The number of pyridine rings is 1. The van der Waals surface area contributed by atoms with E-state index in [1.807, 2.05) is 18.2 Å². The molecule has 0 radical (unpaired) electrons. The standard InChI is InChI=1S/C17H19N3O2/c1-3-5-11-15-12-8-10(18)6-7-13(12)20-14(15)9-19-16(11)17(21)22-4-2/h6-9,20H,3-5,18H2,1-2H3. The third kappa shape index (κ3) is 2.28. The predicted molar refractivity (Wildman–Crippen MR) is 88.0 cm³/mol. The number of hydrogen-bond donors (Lipinski definition) is 2. The van der Waals surface area contributed by atoms with Crippen molar-refractivity contribution in [1.29, 1.82) is 0 Å². The second-order valence-corrected chi connectivity index (χ2v) is 5.27. The van der Waals surface area contributed by atoms with E-state index in [4.69, 9.17) is 10.5 Å². The molecule has 22 heavy (non-hydrogen) atoms. The summed E-state index contributed by atoms with van der Waals surface area (Å²) in [4.78, 5) is 19.8. The van der Waals surface area contributed by atoms with Crippen LogP contribution in [-0.2, 0) is 11.2 Å². The van der Waals surface area contributed by atoms with E-state index in [0.717, 1.165) is 40.2 Å². The summed E-state index contributed by atoms with van der Waals surface area (Å²) in [6.45, 7) is 4.21. The molecule has 0 fully saturated rings. The quantitative estimate of drug-likeness (QED) is 0.571. The summed E-state index contributed by atoms with van der Waals surface area (Å²) in [5, 5.41) is 2.04. The molecule has 3 aromatic rings. The lowest BCUT2D eigenvalue weighted by atomic mass is 10.0. The fourth-order valence-corrected chi connectivity index (χ4v) is 2.85. The van der Waals surface area contributed by atoms with Crippen molar-refractivity contribution in [2.24, 2.45) is 0 Å². The number of ether oxygens (including phenoxy) is 1. The van der Waals surface area contributed by atoms with E-state index in [1.54, 1.807) is 13.1 Å². The Labute approximate surface area is 128 Å². The van der Waals surface area contributed by atoms with Gasteiger partial charge < -0.3 is 15.5 Å². The molecule has 0 aliphatic heterocycles. The van der Waals surface area contributed by atoms with Crippen molar-refractivity contribution >= 4 is 33.5 Å². The molecule has 2 aromatic heterocycles. The summed E-state index contributed by atoms with van der Waals surface area (Å²) in [5.41, 5.74) is 9.85. The summed E-state index contributed by atoms with van der Waals surface area (Å²) in [7, 11) is 0. The van der Waals surface area contributed by atoms with Gasteiger partial charge in [0.2, 0.25) is 0 Å². The number of rotatable bonds is 4. The van der Waals surface area contributed by atoms with Gasteiger partial charge in [0.15, 0.2) is 5.69 Å². The van der Waals surface area contributed by atoms with Crippen LogP contribution in [0.3, 0.4) is 0 Å². The van der Waals surface area contributed by atoms with E-state index in [2.05, 4.69) is 16.9 Å². The van der Waals surface area contributed by atoms with Gasteiger partial charge in [-0.2, -0.15) is 0 Å². The first kappa shape index (κ1) is 14.4. The maximum Gasteiger partial charge on any atom is 0.357 e. The Bertz CT molecular complexity index is 852.